The summed E-state index contributed by atoms with van der Waals surface area (Å²) in [5.41, 5.74) is 0.536. The van der Waals surface area contributed by atoms with E-state index in [2.05, 4.69) is 27.8 Å². The Bertz CT molecular complexity index is 389. The first-order valence-electron chi connectivity index (χ1n) is 5.10. The average molecular weight is 319 g/mol. The van der Waals surface area contributed by atoms with Crippen molar-refractivity contribution in [2.45, 2.75) is 6.42 Å². The van der Waals surface area contributed by atoms with Crippen LogP contribution in [0.1, 0.15) is 16.8 Å². The van der Waals surface area contributed by atoms with Gasteiger partial charge in [-0.3, -0.25) is 4.79 Å². The summed E-state index contributed by atoms with van der Waals surface area (Å²) in [7, 11) is 0. The van der Waals surface area contributed by atoms with Crippen LogP contribution in [-0.2, 0) is 4.74 Å². The molecule has 0 aliphatic heterocycles. The number of carbonyl (C=O) groups excluding carboxylic acids is 1. The molecule has 0 radical (unpaired) electrons. The first kappa shape index (κ1) is 14.1. The maximum Gasteiger partial charge on any atom is 0.251 e. The van der Waals surface area contributed by atoms with E-state index in [0.717, 1.165) is 10.9 Å². The van der Waals surface area contributed by atoms with Crippen molar-refractivity contribution in [1.82, 2.24) is 5.32 Å². The number of ether oxygens (including phenoxy) is 1. The minimum absolute atomic E-state index is 0.146. The third-order valence-corrected chi connectivity index (χ3v) is 2.64. The van der Waals surface area contributed by atoms with Gasteiger partial charge in [-0.05, 0) is 24.6 Å². The van der Waals surface area contributed by atoms with Crippen LogP contribution in [0.2, 0.25) is 5.02 Å². The Hall–Kier alpha value is -1.000. The fourth-order valence-electron chi connectivity index (χ4n) is 1.23. The quantitative estimate of drug-likeness (QED) is 0.645. The molecule has 0 aliphatic carbocycles. The first-order valence-corrected chi connectivity index (χ1v) is 6.27. The van der Waals surface area contributed by atoms with Crippen LogP contribution in [0, 0.1) is 0 Å². The van der Waals surface area contributed by atoms with E-state index < -0.39 is 0 Å². The lowest BCUT2D eigenvalue weighted by atomic mass is 10.2. The maximum atomic E-state index is 11.7. The van der Waals surface area contributed by atoms with E-state index in [1.54, 1.807) is 18.2 Å². The molecule has 0 aromatic heterocycles. The summed E-state index contributed by atoms with van der Waals surface area (Å²) in [5.74, 6) is -0.146. The Balaban J connectivity index is 2.44. The number of hydrogen-bond donors (Lipinski definition) is 1. The van der Waals surface area contributed by atoms with Gasteiger partial charge in [0.1, 0.15) is 0 Å². The highest BCUT2D eigenvalue weighted by Gasteiger charge is 2.06. The lowest BCUT2D eigenvalue weighted by Gasteiger charge is -2.06. The molecule has 3 nitrogen and oxygen atoms in total. The zero-order valence-electron chi connectivity index (χ0n) is 9.21. The van der Waals surface area contributed by atoms with Gasteiger partial charge in [-0.25, -0.2) is 0 Å². The predicted octanol–water partition coefficient (Wildman–Crippen LogP) is 3.38. The van der Waals surface area contributed by atoms with Gasteiger partial charge in [-0.15, -0.1) is 0 Å². The molecule has 92 valence electrons. The van der Waals surface area contributed by atoms with Crippen molar-refractivity contribution in [3.05, 3.63) is 46.1 Å². The fraction of sp³-hybridized carbons (Fsp3) is 0.250. The van der Waals surface area contributed by atoms with Gasteiger partial charge in [0.05, 0.1) is 12.9 Å². The average Bonchev–Trinajstić information content (AvgIpc) is 2.27. The molecule has 1 aromatic carbocycles. The first-order chi connectivity index (χ1) is 8.13. The number of benzene rings is 1. The molecule has 1 rings (SSSR count). The molecule has 0 bridgehead atoms. The highest BCUT2D eigenvalue weighted by Crippen LogP contribution is 2.19. The van der Waals surface area contributed by atoms with Gasteiger partial charge in [0, 0.05) is 21.6 Å². The van der Waals surface area contributed by atoms with Crippen LogP contribution < -0.4 is 5.32 Å². The lowest BCUT2D eigenvalue weighted by molar-refractivity contribution is 0.0950. The molecule has 1 aromatic rings. The molecular weight excluding hydrogens is 305 g/mol. The van der Waals surface area contributed by atoms with Crippen LogP contribution in [0.4, 0.5) is 0 Å². The van der Waals surface area contributed by atoms with Gasteiger partial charge in [0.15, 0.2) is 0 Å². The van der Waals surface area contributed by atoms with Gasteiger partial charge in [-0.2, -0.15) is 0 Å². The van der Waals surface area contributed by atoms with Crippen LogP contribution in [0.5, 0.6) is 0 Å². The standard InChI is InChI=1S/C12H13BrClNO2/c1-2-17-5-3-4-15-12(16)9-6-10(13)8-11(14)7-9/h2,6-8H,1,3-5H2,(H,15,16). The summed E-state index contributed by atoms with van der Waals surface area (Å²) in [6, 6.07) is 5.08. The van der Waals surface area contributed by atoms with Crippen molar-refractivity contribution in [2.75, 3.05) is 13.2 Å². The van der Waals surface area contributed by atoms with Crippen LogP contribution in [0.3, 0.4) is 0 Å². The Morgan fingerprint density at radius 1 is 1.53 bits per heavy atom. The van der Waals surface area contributed by atoms with Crippen molar-refractivity contribution < 1.29 is 9.53 Å². The molecule has 1 amide bonds. The molecule has 0 spiro atoms. The molecule has 0 unspecified atom stereocenters. The van der Waals surface area contributed by atoms with Gasteiger partial charge < -0.3 is 10.1 Å². The summed E-state index contributed by atoms with van der Waals surface area (Å²) in [4.78, 5) is 11.7. The van der Waals surface area contributed by atoms with E-state index in [4.69, 9.17) is 16.3 Å². The Labute approximate surface area is 114 Å². The minimum atomic E-state index is -0.146. The topological polar surface area (TPSA) is 38.3 Å². The van der Waals surface area contributed by atoms with Crippen molar-refractivity contribution in [1.29, 1.82) is 0 Å². The van der Waals surface area contributed by atoms with Crippen LogP contribution in [0.15, 0.2) is 35.5 Å². The van der Waals surface area contributed by atoms with E-state index in [1.807, 2.05) is 0 Å². The van der Waals surface area contributed by atoms with Gasteiger partial charge in [0.25, 0.3) is 5.91 Å². The number of amides is 1. The molecule has 0 aliphatic rings. The van der Waals surface area contributed by atoms with E-state index in [9.17, 15) is 4.79 Å². The maximum absolute atomic E-state index is 11.7. The van der Waals surface area contributed by atoms with Crippen molar-refractivity contribution in [3.8, 4) is 0 Å². The molecule has 0 atom stereocenters. The Morgan fingerprint density at radius 3 is 2.94 bits per heavy atom. The smallest absolute Gasteiger partial charge is 0.251 e. The van der Waals surface area contributed by atoms with Crippen molar-refractivity contribution >= 4 is 33.4 Å². The van der Waals surface area contributed by atoms with Crippen LogP contribution in [-0.4, -0.2) is 19.1 Å². The normalized spacial score (nSPS) is 9.76. The number of carbonyl (C=O) groups is 1. The molecule has 1 N–H and O–H groups in total. The summed E-state index contributed by atoms with van der Waals surface area (Å²) >= 11 is 9.14. The monoisotopic (exact) mass is 317 g/mol. The molecule has 0 heterocycles. The number of hydrogen-bond acceptors (Lipinski definition) is 2. The second-order valence-corrected chi connectivity index (χ2v) is 4.66. The van der Waals surface area contributed by atoms with Crippen LogP contribution >= 0.6 is 27.5 Å². The highest BCUT2D eigenvalue weighted by molar-refractivity contribution is 9.10. The number of halogens is 2. The third kappa shape index (κ3) is 5.24. The zero-order chi connectivity index (χ0) is 12.7. The summed E-state index contributed by atoms with van der Waals surface area (Å²) in [6.07, 6.45) is 2.12. The molecule has 0 fully saturated rings. The Morgan fingerprint density at radius 2 is 2.29 bits per heavy atom. The van der Waals surface area contributed by atoms with E-state index in [0.29, 0.717) is 23.7 Å². The molecule has 17 heavy (non-hydrogen) atoms. The largest absolute Gasteiger partial charge is 0.502 e. The second kappa shape index (κ2) is 7.35. The van der Waals surface area contributed by atoms with E-state index in [1.165, 1.54) is 6.26 Å². The number of nitrogens with one attached hydrogen (secondary N) is 1. The SMILES string of the molecule is C=COCCCNC(=O)c1cc(Cl)cc(Br)c1. The molecular formula is C12H13BrClNO2. The molecule has 0 saturated heterocycles. The zero-order valence-corrected chi connectivity index (χ0v) is 11.6. The third-order valence-electron chi connectivity index (χ3n) is 1.97. The summed E-state index contributed by atoms with van der Waals surface area (Å²) in [6.45, 7) is 4.53. The minimum Gasteiger partial charge on any atom is -0.502 e. The van der Waals surface area contributed by atoms with Gasteiger partial charge in [-0.1, -0.05) is 34.1 Å². The van der Waals surface area contributed by atoms with Gasteiger partial charge in [0.2, 0.25) is 0 Å². The lowest BCUT2D eigenvalue weighted by Crippen LogP contribution is -2.25. The highest BCUT2D eigenvalue weighted by atomic mass is 79.9. The molecule has 5 heteroatoms. The van der Waals surface area contributed by atoms with E-state index >= 15 is 0 Å². The fourth-order valence-corrected chi connectivity index (χ4v) is 2.09. The van der Waals surface area contributed by atoms with Crippen molar-refractivity contribution in [3.63, 3.8) is 0 Å². The van der Waals surface area contributed by atoms with Gasteiger partial charge >= 0.3 is 0 Å². The van der Waals surface area contributed by atoms with E-state index in [-0.39, 0.29) is 5.91 Å². The Kier molecular flexibility index (Phi) is 6.08. The summed E-state index contributed by atoms with van der Waals surface area (Å²) in [5, 5.41) is 3.31. The number of rotatable bonds is 6. The second-order valence-electron chi connectivity index (χ2n) is 3.31. The summed E-state index contributed by atoms with van der Waals surface area (Å²) < 4.78 is 5.73. The van der Waals surface area contributed by atoms with Crippen LogP contribution in [0.25, 0.3) is 0 Å². The van der Waals surface area contributed by atoms with Crippen molar-refractivity contribution in [2.24, 2.45) is 0 Å². The molecule has 0 saturated carbocycles. The predicted molar refractivity (Wildman–Crippen MR) is 72.3 cm³/mol.